The summed E-state index contributed by atoms with van der Waals surface area (Å²) in [7, 11) is 0. The normalized spacial score (nSPS) is 33.9. The molecule has 3 heteroatoms. The number of amidine groups is 1. The van der Waals surface area contributed by atoms with Gasteiger partial charge in [-0.05, 0) is 43.9 Å². The maximum Gasteiger partial charge on any atom is 0.157 e. The zero-order valence-corrected chi connectivity index (χ0v) is 12.2. The van der Waals surface area contributed by atoms with Crippen molar-refractivity contribution in [1.29, 1.82) is 0 Å². The van der Waals surface area contributed by atoms with E-state index in [2.05, 4.69) is 26.1 Å². The number of rotatable bonds is 3. The average molecular weight is 254 g/mol. The van der Waals surface area contributed by atoms with Crippen molar-refractivity contribution >= 4 is 16.9 Å². The van der Waals surface area contributed by atoms with Gasteiger partial charge in [0.25, 0.3) is 0 Å². The fraction of sp³-hybridized carbons (Fsp3) is 0.929. The highest BCUT2D eigenvalue weighted by Crippen LogP contribution is 2.26. The summed E-state index contributed by atoms with van der Waals surface area (Å²) in [5.41, 5.74) is 0. The molecule has 1 saturated carbocycles. The molecule has 1 aliphatic carbocycles. The highest BCUT2D eigenvalue weighted by Gasteiger charge is 2.23. The Bertz CT molecular complexity index is 267. The van der Waals surface area contributed by atoms with Gasteiger partial charge in [-0.25, -0.2) is 0 Å². The maximum absolute atomic E-state index is 4.81. The van der Waals surface area contributed by atoms with Gasteiger partial charge in [0.2, 0.25) is 0 Å². The number of thioether (sulfide) groups is 1. The van der Waals surface area contributed by atoms with Crippen LogP contribution in [-0.2, 0) is 0 Å². The summed E-state index contributed by atoms with van der Waals surface area (Å²) in [4.78, 5) is 4.81. The van der Waals surface area contributed by atoms with E-state index in [-0.39, 0.29) is 0 Å². The van der Waals surface area contributed by atoms with E-state index >= 15 is 0 Å². The van der Waals surface area contributed by atoms with E-state index < -0.39 is 0 Å². The summed E-state index contributed by atoms with van der Waals surface area (Å²) in [5, 5.41) is 4.87. The summed E-state index contributed by atoms with van der Waals surface area (Å²) in [6, 6.07) is 1.25. The van der Waals surface area contributed by atoms with Crippen LogP contribution in [0.1, 0.15) is 52.9 Å². The topological polar surface area (TPSA) is 24.4 Å². The van der Waals surface area contributed by atoms with Gasteiger partial charge in [0, 0.05) is 11.8 Å². The average Bonchev–Trinajstić information content (AvgIpc) is 2.68. The van der Waals surface area contributed by atoms with Crippen molar-refractivity contribution in [2.45, 2.75) is 65.0 Å². The van der Waals surface area contributed by atoms with E-state index in [1.165, 1.54) is 43.0 Å². The van der Waals surface area contributed by atoms with Crippen LogP contribution >= 0.6 is 11.8 Å². The molecular weight excluding hydrogens is 228 g/mol. The third-order valence-corrected chi connectivity index (χ3v) is 4.85. The molecule has 2 nitrogen and oxygen atoms in total. The molecule has 0 spiro atoms. The summed E-state index contributed by atoms with van der Waals surface area (Å²) in [6.45, 7) is 6.94. The molecular formula is C14H26N2S. The quantitative estimate of drug-likeness (QED) is 0.831. The Morgan fingerprint density at radius 3 is 2.65 bits per heavy atom. The van der Waals surface area contributed by atoms with Crippen molar-refractivity contribution in [1.82, 2.24) is 5.32 Å². The Morgan fingerprint density at radius 1 is 1.29 bits per heavy atom. The SMILES string of the molecule is CC(C)CC1CSC(NC2CCC(C)CC2)=N1. The van der Waals surface area contributed by atoms with Crippen molar-refractivity contribution < 1.29 is 0 Å². The standard InChI is InChI=1S/C14H26N2S/c1-10(2)8-13-9-17-14(16-13)15-12-6-4-11(3)5-7-12/h10-13H,4-9H2,1-3H3,(H,15,16). The van der Waals surface area contributed by atoms with Crippen LogP contribution in [-0.4, -0.2) is 23.0 Å². The van der Waals surface area contributed by atoms with E-state index in [0.717, 1.165) is 11.8 Å². The lowest BCUT2D eigenvalue weighted by atomic mass is 9.87. The highest BCUT2D eigenvalue weighted by molar-refractivity contribution is 8.14. The van der Waals surface area contributed by atoms with Gasteiger partial charge in [-0.15, -0.1) is 0 Å². The summed E-state index contributed by atoms with van der Waals surface area (Å²) >= 11 is 1.93. The monoisotopic (exact) mass is 254 g/mol. The minimum absolute atomic E-state index is 0.560. The maximum atomic E-state index is 4.81. The molecule has 1 unspecified atom stereocenters. The Balaban J connectivity index is 1.76. The zero-order valence-electron chi connectivity index (χ0n) is 11.4. The first-order chi connectivity index (χ1) is 8.13. The Hall–Kier alpha value is -0.180. The number of nitrogens with zero attached hydrogens (tertiary/aromatic N) is 1. The van der Waals surface area contributed by atoms with E-state index in [1.807, 2.05) is 11.8 Å². The van der Waals surface area contributed by atoms with Gasteiger partial charge >= 0.3 is 0 Å². The predicted molar refractivity (Wildman–Crippen MR) is 77.7 cm³/mol. The van der Waals surface area contributed by atoms with Gasteiger partial charge in [-0.1, -0.05) is 32.5 Å². The van der Waals surface area contributed by atoms with Crippen molar-refractivity contribution in [2.24, 2.45) is 16.8 Å². The Kier molecular flexibility index (Phi) is 4.78. The van der Waals surface area contributed by atoms with Crippen LogP contribution in [0.4, 0.5) is 0 Å². The van der Waals surface area contributed by atoms with Crippen molar-refractivity contribution in [3.8, 4) is 0 Å². The van der Waals surface area contributed by atoms with Gasteiger partial charge in [0.15, 0.2) is 5.17 Å². The second kappa shape index (κ2) is 6.12. The van der Waals surface area contributed by atoms with E-state index in [9.17, 15) is 0 Å². The number of hydrogen-bond acceptors (Lipinski definition) is 3. The lowest BCUT2D eigenvalue weighted by molar-refractivity contribution is 0.332. The molecule has 1 heterocycles. The van der Waals surface area contributed by atoms with Gasteiger partial charge in [-0.3, -0.25) is 4.99 Å². The van der Waals surface area contributed by atoms with Gasteiger partial charge in [-0.2, -0.15) is 0 Å². The summed E-state index contributed by atoms with van der Waals surface area (Å²) in [5.74, 6) is 2.88. The van der Waals surface area contributed by atoms with Crippen LogP contribution in [0.5, 0.6) is 0 Å². The van der Waals surface area contributed by atoms with Crippen molar-refractivity contribution in [2.75, 3.05) is 5.75 Å². The molecule has 0 saturated heterocycles. The van der Waals surface area contributed by atoms with Crippen molar-refractivity contribution in [3.63, 3.8) is 0 Å². The molecule has 1 atom stereocenters. The molecule has 0 bridgehead atoms. The van der Waals surface area contributed by atoms with Gasteiger partial charge in [0.1, 0.15) is 0 Å². The van der Waals surface area contributed by atoms with E-state index in [0.29, 0.717) is 12.1 Å². The first kappa shape index (κ1) is 13.3. The lowest BCUT2D eigenvalue weighted by Gasteiger charge is -2.27. The van der Waals surface area contributed by atoms with Gasteiger partial charge < -0.3 is 5.32 Å². The molecule has 0 aromatic rings. The Labute approximate surface area is 110 Å². The molecule has 98 valence electrons. The van der Waals surface area contributed by atoms with Crippen LogP contribution in [0.15, 0.2) is 4.99 Å². The van der Waals surface area contributed by atoms with E-state index in [4.69, 9.17) is 4.99 Å². The first-order valence-corrected chi connectivity index (χ1v) is 8.09. The largest absolute Gasteiger partial charge is 0.362 e. The minimum Gasteiger partial charge on any atom is -0.362 e. The minimum atomic E-state index is 0.560. The summed E-state index contributed by atoms with van der Waals surface area (Å²) in [6.07, 6.45) is 6.65. The molecule has 1 fully saturated rings. The molecule has 17 heavy (non-hydrogen) atoms. The molecule has 1 N–H and O–H groups in total. The fourth-order valence-corrected chi connectivity index (χ4v) is 3.77. The fourth-order valence-electron chi connectivity index (χ4n) is 2.74. The third kappa shape index (κ3) is 4.20. The predicted octanol–water partition coefficient (Wildman–Crippen LogP) is 3.67. The first-order valence-electron chi connectivity index (χ1n) is 7.10. The van der Waals surface area contributed by atoms with Crippen LogP contribution < -0.4 is 5.32 Å². The zero-order chi connectivity index (χ0) is 12.3. The van der Waals surface area contributed by atoms with Crippen molar-refractivity contribution in [3.05, 3.63) is 0 Å². The summed E-state index contributed by atoms with van der Waals surface area (Å²) < 4.78 is 0. The molecule has 0 aromatic heterocycles. The smallest absolute Gasteiger partial charge is 0.157 e. The molecule has 0 aromatic carbocycles. The van der Waals surface area contributed by atoms with Crippen LogP contribution in [0.2, 0.25) is 0 Å². The second-order valence-electron chi connectivity index (χ2n) is 6.13. The molecule has 2 aliphatic rings. The molecule has 0 radical (unpaired) electrons. The second-order valence-corrected chi connectivity index (χ2v) is 7.14. The highest BCUT2D eigenvalue weighted by atomic mass is 32.2. The van der Waals surface area contributed by atoms with Crippen LogP contribution in [0.25, 0.3) is 0 Å². The lowest BCUT2D eigenvalue weighted by Crippen LogP contribution is -2.35. The molecule has 0 amide bonds. The third-order valence-electron chi connectivity index (χ3n) is 3.80. The number of aliphatic imine (C=N–C) groups is 1. The van der Waals surface area contributed by atoms with E-state index in [1.54, 1.807) is 0 Å². The van der Waals surface area contributed by atoms with Crippen LogP contribution in [0.3, 0.4) is 0 Å². The Morgan fingerprint density at radius 2 is 2.00 bits per heavy atom. The number of nitrogens with one attached hydrogen (secondary N) is 1. The number of hydrogen-bond donors (Lipinski definition) is 1. The molecule has 1 aliphatic heterocycles. The van der Waals surface area contributed by atoms with Crippen LogP contribution in [0, 0.1) is 11.8 Å². The molecule has 2 rings (SSSR count). The van der Waals surface area contributed by atoms with Gasteiger partial charge in [0.05, 0.1) is 6.04 Å².